The van der Waals surface area contributed by atoms with Gasteiger partial charge in [-0.05, 0) is 34.5 Å². The topological polar surface area (TPSA) is 89.9 Å². The van der Waals surface area contributed by atoms with Crippen LogP contribution in [0.2, 0.25) is 5.02 Å². The Hall–Kier alpha value is -1.99. The highest BCUT2D eigenvalue weighted by Crippen LogP contribution is 2.21. The number of nitrogens with zero attached hydrogens (tertiary/aromatic N) is 5. The van der Waals surface area contributed by atoms with E-state index < -0.39 is 0 Å². The average Bonchev–Trinajstić information content (AvgIpc) is 3.01. The van der Waals surface area contributed by atoms with Crippen molar-refractivity contribution in [3.8, 4) is 0 Å². The minimum Gasteiger partial charge on any atom is -0.337 e. The van der Waals surface area contributed by atoms with E-state index in [1.807, 2.05) is 24.3 Å². The van der Waals surface area contributed by atoms with E-state index in [1.54, 1.807) is 9.58 Å². The monoisotopic (exact) mass is 334 g/mol. The van der Waals surface area contributed by atoms with Crippen molar-refractivity contribution in [2.75, 3.05) is 13.1 Å². The molecule has 0 bridgehead atoms. The number of carbonyl (C=O) groups is 1. The van der Waals surface area contributed by atoms with Gasteiger partial charge in [-0.25, -0.2) is 4.68 Å². The molecule has 1 aliphatic rings. The van der Waals surface area contributed by atoms with Crippen LogP contribution in [0.3, 0.4) is 0 Å². The van der Waals surface area contributed by atoms with Gasteiger partial charge in [-0.15, -0.1) is 5.10 Å². The highest BCUT2D eigenvalue weighted by Gasteiger charge is 2.29. The maximum absolute atomic E-state index is 12.9. The third-order valence-electron chi connectivity index (χ3n) is 4.04. The lowest BCUT2D eigenvalue weighted by molar-refractivity contribution is -0.137. The van der Waals surface area contributed by atoms with Crippen LogP contribution in [-0.2, 0) is 24.3 Å². The molecule has 0 saturated carbocycles. The SMILES string of the molecule is NCCN(Cc1cccc(Cl)c1)C(=O)C1CCc2nnnn2C1. The fraction of sp³-hybridized carbons (Fsp3) is 0.467. The zero-order valence-corrected chi connectivity index (χ0v) is 13.5. The van der Waals surface area contributed by atoms with Gasteiger partial charge in [0.1, 0.15) is 0 Å². The molecule has 1 unspecified atom stereocenters. The minimum atomic E-state index is -0.114. The number of rotatable bonds is 5. The predicted octanol–water partition coefficient (Wildman–Crippen LogP) is 0.876. The van der Waals surface area contributed by atoms with Gasteiger partial charge in [0, 0.05) is 31.1 Å². The molecule has 7 nitrogen and oxygen atoms in total. The second-order valence-electron chi connectivity index (χ2n) is 5.69. The molecular weight excluding hydrogens is 316 g/mol. The Morgan fingerprint density at radius 3 is 3.13 bits per heavy atom. The maximum atomic E-state index is 12.9. The Morgan fingerprint density at radius 1 is 1.48 bits per heavy atom. The number of amides is 1. The number of nitrogens with two attached hydrogens (primary N) is 1. The van der Waals surface area contributed by atoms with Gasteiger partial charge in [0.05, 0.1) is 12.5 Å². The lowest BCUT2D eigenvalue weighted by atomic mass is 9.98. The summed E-state index contributed by atoms with van der Waals surface area (Å²) in [7, 11) is 0. The van der Waals surface area contributed by atoms with Gasteiger partial charge in [-0.1, -0.05) is 23.7 Å². The van der Waals surface area contributed by atoms with Crippen molar-refractivity contribution >= 4 is 17.5 Å². The largest absolute Gasteiger partial charge is 0.337 e. The molecule has 0 aliphatic carbocycles. The molecule has 3 rings (SSSR count). The van der Waals surface area contributed by atoms with E-state index in [0.29, 0.717) is 31.2 Å². The molecule has 2 N–H and O–H groups in total. The van der Waals surface area contributed by atoms with E-state index in [2.05, 4.69) is 15.5 Å². The van der Waals surface area contributed by atoms with Crippen LogP contribution in [0.15, 0.2) is 24.3 Å². The summed E-state index contributed by atoms with van der Waals surface area (Å²) in [5.41, 5.74) is 6.68. The molecule has 0 spiro atoms. The molecule has 1 aliphatic heterocycles. The summed E-state index contributed by atoms with van der Waals surface area (Å²) < 4.78 is 1.71. The third-order valence-corrected chi connectivity index (χ3v) is 4.27. The quantitative estimate of drug-likeness (QED) is 0.876. The van der Waals surface area contributed by atoms with Crippen LogP contribution in [0.25, 0.3) is 0 Å². The number of carbonyl (C=O) groups excluding carboxylic acids is 1. The van der Waals surface area contributed by atoms with Gasteiger partial charge in [0.2, 0.25) is 5.91 Å². The summed E-state index contributed by atoms with van der Waals surface area (Å²) in [5, 5.41) is 12.2. The molecule has 0 radical (unpaired) electrons. The van der Waals surface area contributed by atoms with E-state index in [9.17, 15) is 4.79 Å². The summed E-state index contributed by atoms with van der Waals surface area (Å²) in [6.45, 7) is 1.98. The number of aromatic nitrogens is 4. The van der Waals surface area contributed by atoms with E-state index in [4.69, 9.17) is 17.3 Å². The van der Waals surface area contributed by atoms with Crippen molar-refractivity contribution in [2.24, 2.45) is 11.7 Å². The zero-order valence-electron chi connectivity index (χ0n) is 12.7. The lowest BCUT2D eigenvalue weighted by Crippen LogP contribution is -2.41. The standard InChI is InChI=1S/C15H19ClN6O/c16-13-3-1-2-11(8-13)9-21(7-6-17)15(23)12-4-5-14-18-19-20-22(14)10-12/h1-3,8,12H,4-7,9-10,17H2. The lowest BCUT2D eigenvalue weighted by Gasteiger charge is -2.29. The molecule has 8 heteroatoms. The van der Waals surface area contributed by atoms with Gasteiger partial charge in [-0.3, -0.25) is 4.79 Å². The Morgan fingerprint density at radius 2 is 2.35 bits per heavy atom. The molecule has 2 heterocycles. The van der Waals surface area contributed by atoms with E-state index >= 15 is 0 Å². The number of tetrazole rings is 1. The Kier molecular flexibility index (Phi) is 4.88. The van der Waals surface area contributed by atoms with Crippen molar-refractivity contribution in [1.82, 2.24) is 25.1 Å². The Balaban J connectivity index is 1.71. The molecular formula is C15H19ClN6O. The molecule has 1 atom stereocenters. The van der Waals surface area contributed by atoms with Gasteiger partial charge in [-0.2, -0.15) is 0 Å². The molecule has 1 amide bonds. The Bertz CT molecular complexity index is 688. The third kappa shape index (κ3) is 3.68. The van der Waals surface area contributed by atoms with Crippen LogP contribution in [-0.4, -0.2) is 44.1 Å². The maximum Gasteiger partial charge on any atom is 0.227 e. The van der Waals surface area contributed by atoms with Crippen LogP contribution in [0.1, 0.15) is 17.8 Å². The first kappa shape index (κ1) is 15.9. The molecule has 122 valence electrons. The summed E-state index contributed by atoms with van der Waals surface area (Å²) >= 11 is 6.02. The number of aryl methyl sites for hydroxylation is 1. The average molecular weight is 335 g/mol. The van der Waals surface area contributed by atoms with Crippen molar-refractivity contribution < 1.29 is 4.79 Å². The van der Waals surface area contributed by atoms with Crippen molar-refractivity contribution in [1.29, 1.82) is 0 Å². The minimum absolute atomic E-state index is 0.0941. The fourth-order valence-corrected chi connectivity index (χ4v) is 3.10. The van der Waals surface area contributed by atoms with Gasteiger partial charge in [0.25, 0.3) is 0 Å². The number of halogens is 1. The molecule has 0 saturated heterocycles. The van der Waals surface area contributed by atoms with Crippen LogP contribution in [0.4, 0.5) is 0 Å². The second kappa shape index (κ2) is 7.06. The van der Waals surface area contributed by atoms with Crippen molar-refractivity contribution in [2.45, 2.75) is 25.9 Å². The highest BCUT2D eigenvalue weighted by atomic mass is 35.5. The predicted molar refractivity (Wildman–Crippen MR) is 85.6 cm³/mol. The van der Waals surface area contributed by atoms with E-state index in [0.717, 1.165) is 24.2 Å². The zero-order chi connectivity index (χ0) is 16.2. The number of fused-ring (bicyclic) bond motifs is 1. The van der Waals surface area contributed by atoms with Gasteiger partial charge < -0.3 is 10.6 Å². The molecule has 1 aromatic heterocycles. The van der Waals surface area contributed by atoms with Crippen molar-refractivity contribution in [3.05, 3.63) is 40.7 Å². The smallest absolute Gasteiger partial charge is 0.227 e. The summed E-state index contributed by atoms with van der Waals surface area (Å²) in [6, 6.07) is 7.54. The fourth-order valence-electron chi connectivity index (χ4n) is 2.89. The number of hydrogen-bond donors (Lipinski definition) is 1. The normalized spacial score (nSPS) is 16.9. The van der Waals surface area contributed by atoms with Crippen LogP contribution < -0.4 is 5.73 Å². The number of hydrogen-bond acceptors (Lipinski definition) is 5. The first-order valence-corrected chi connectivity index (χ1v) is 8.03. The Labute approximate surface area is 139 Å². The van der Waals surface area contributed by atoms with Crippen LogP contribution in [0, 0.1) is 5.92 Å². The second-order valence-corrected chi connectivity index (χ2v) is 6.13. The molecule has 0 fully saturated rings. The van der Waals surface area contributed by atoms with Crippen molar-refractivity contribution in [3.63, 3.8) is 0 Å². The highest BCUT2D eigenvalue weighted by molar-refractivity contribution is 6.30. The van der Waals surface area contributed by atoms with E-state index in [-0.39, 0.29) is 11.8 Å². The van der Waals surface area contributed by atoms with Crippen LogP contribution >= 0.6 is 11.6 Å². The summed E-state index contributed by atoms with van der Waals surface area (Å²) in [4.78, 5) is 14.7. The summed E-state index contributed by atoms with van der Waals surface area (Å²) in [5.74, 6) is 0.822. The van der Waals surface area contributed by atoms with E-state index in [1.165, 1.54) is 0 Å². The molecule has 1 aromatic carbocycles. The first-order chi connectivity index (χ1) is 11.2. The molecule has 2 aromatic rings. The first-order valence-electron chi connectivity index (χ1n) is 7.65. The van der Waals surface area contributed by atoms with Crippen LogP contribution in [0.5, 0.6) is 0 Å². The molecule has 23 heavy (non-hydrogen) atoms. The summed E-state index contributed by atoms with van der Waals surface area (Å²) in [6.07, 6.45) is 1.48. The van der Waals surface area contributed by atoms with Gasteiger partial charge in [0.15, 0.2) is 5.82 Å². The van der Waals surface area contributed by atoms with Gasteiger partial charge >= 0.3 is 0 Å². The number of benzene rings is 1.